The second-order valence-electron chi connectivity index (χ2n) is 7.78. The molecule has 0 bridgehead atoms. The van der Waals surface area contributed by atoms with E-state index in [1.54, 1.807) is 4.90 Å². The molecule has 29 heavy (non-hydrogen) atoms. The van der Waals surface area contributed by atoms with E-state index in [1.165, 1.54) is 24.6 Å². The zero-order valence-corrected chi connectivity index (χ0v) is 18.1. The van der Waals surface area contributed by atoms with Crippen LogP contribution in [0.2, 0.25) is 0 Å². The summed E-state index contributed by atoms with van der Waals surface area (Å²) in [6, 6.07) is 17.8. The lowest BCUT2D eigenvalue weighted by molar-refractivity contribution is -0.138. The van der Waals surface area contributed by atoms with Gasteiger partial charge in [0.25, 0.3) is 0 Å². The first-order valence-electron chi connectivity index (χ1n) is 10.4. The summed E-state index contributed by atoms with van der Waals surface area (Å²) in [7, 11) is 0. The molecule has 0 saturated heterocycles. The molecule has 2 aromatic rings. The van der Waals surface area contributed by atoms with Crippen molar-refractivity contribution in [2.45, 2.75) is 63.1 Å². The Hall–Kier alpha value is -2.27. The lowest BCUT2D eigenvalue weighted by atomic mass is 10.1. The third-order valence-corrected chi connectivity index (χ3v) is 6.41. The molecule has 1 atom stereocenters. The predicted molar refractivity (Wildman–Crippen MR) is 119 cm³/mol. The zero-order valence-electron chi connectivity index (χ0n) is 17.3. The van der Waals surface area contributed by atoms with Gasteiger partial charge in [0.05, 0.1) is 5.75 Å². The first kappa shape index (κ1) is 21.4. The van der Waals surface area contributed by atoms with Crippen LogP contribution in [-0.2, 0) is 16.1 Å². The van der Waals surface area contributed by atoms with Gasteiger partial charge in [0.15, 0.2) is 0 Å². The Balaban J connectivity index is 1.70. The molecule has 0 heterocycles. The van der Waals surface area contributed by atoms with Crippen LogP contribution in [0.25, 0.3) is 0 Å². The number of hydrogen-bond donors (Lipinski definition) is 1. The van der Waals surface area contributed by atoms with Crippen LogP contribution in [0, 0.1) is 6.92 Å². The largest absolute Gasteiger partial charge is 0.352 e. The van der Waals surface area contributed by atoms with Crippen LogP contribution >= 0.6 is 11.8 Å². The van der Waals surface area contributed by atoms with Crippen LogP contribution in [0.1, 0.15) is 43.7 Å². The lowest BCUT2D eigenvalue weighted by Gasteiger charge is -2.29. The molecule has 0 spiro atoms. The minimum absolute atomic E-state index is 0.0190. The van der Waals surface area contributed by atoms with Gasteiger partial charge in [-0.25, -0.2) is 0 Å². The van der Waals surface area contributed by atoms with E-state index in [1.807, 2.05) is 62.4 Å². The van der Waals surface area contributed by atoms with Gasteiger partial charge in [-0.3, -0.25) is 9.59 Å². The Morgan fingerprint density at radius 1 is 1.10 bits per heavy atom. The van der Waals surface area contributed by atoms with Crippen molar-refractivity contribution in [2.24, 2.45) is 0 Å². The van der Waals surface area contributed by atoms with E-state index in [0.29, 0.717) is 12.3 Å². The Morgan fingerprint density at radius 3 is 2.52 bits per heavy atom. The minimum atomic E-state index is -0.500. The first-order valence-corrected chi connectivity index (χ1v) is 11.3. The fraction of sp³-hybridized carbons (Fsp3) is 0.417. The van der Waals surface area contributed by atoms with E-state index < -0.39 is 6.04 Å². The van der Waals surface area contributed by atoms with Crippen LogP contribution in [-0.4, -0.2) is 34.6 Å². The van der Waals surface area contributed by atoms with Gasteiger partial charge >= 0.3 is 0 Å². The van der Waals surface area contributed by atoms with Crippen LogP contribution in [0.3, 0.4) is 0 Å². The van der Waals surface area contributed by atoms with Crippen molar-refractivity contribution in [3.05, 3.63) is 65.7 Å². The molecular weight excluding hydrogens is 380 g/mol. The van der Waals surface area contributed by atoms with Crippen LogP contribution < -0.4 is 5.32 Å². The molecule has 0 aromatic heterocycles. The zero-order chi connectivity index (χ0) is 20.6. The fourth-order valence-electron chi connectivity index (χ4n) is 3.73. The van der Waals surface area contributed by atoms with Gasteiger partial charge in [-0.15, -0.1) is 11.8 Å². The maximum absolute atomic E-state index is 13.1. The van der Waals surface area contributed by atoms with E-state index in [2.05, 4.69) is 11.4 Å². The van der Waals surface area contributed by atoms with Gasteiger partial charge in [-0.05, 0) is 44.4 Å². The van der Waals surface area contributed by atoms with Crippen molar-refractivity contribution in [1.29, 1.82) is 0 Å². The molecule has 2 aromatic carbocycles. The molecule has 0 aliphatic heterocycles. The molecule has 1 saturated carbocycles. The predicted octanol–water partition coefficient (Wildman–Crippen LogP) is 4.56. The molecule has 1 fully saturated rings. The van der Waals surface area contributed by atoms with Crippen LogP contribution in [0.5, 0.6) is 0 Å². The average molecular weight is 411 g/mol. The summed E-state index contributed by atoms with van der Waals surface area (Å²) in [4.78, 5) is 28.8. The molecule has 154 valence electrons. The molecule has 0 radical (unpaired) electrons. The molecule has 4 nitrogen and oxygen atoms in total. The van der Waals surface area contributed by atoms with Gasteiger partial charge in [0.1, 0.15) is 6.04 Å². The van der Waals surface area contributed by atoms with Gasteiger partial charge in [-0.1, -0.05) is 60.9 Å². The van der Waals surface area contributed by atoms with Crippen LogP contribution in [0.4, 0.5) is 0 Å². The van der Waals surface area contributed by atoms with Gasteiger partial charge < -0.3 is 10.2 Å². The summed E-state index contributed by atoms with van der Waals surface area (Å²) in [5, 5.41) is 3.15. The number of nitrogens with one attached hydrogen (secondary N) is 1. The summed E-state index contributed by atoms with van der Waals surface area (Å²) in [6.07, 6.45) is 4.40. The van der Waals surface area contributed by atoms with Crippen LogP contribution in [0.15, 0.2) is 59.5 Å². The Morgan fingerprint density at radius 2 is 1.83 bits per heavy atom. The molecule has 1 aliphatic carbocycles. The van der Waals surface area contributed by atoms with E-state index in [9.17, 15) is 9.59 Å². The average Bonchev–Trinajstić information content (AvgIpc) is 3.23. The monoisotopic (exact) mass is 410 g/mol. The third kappa shape index (κ3) is 6.36. The summed E-state index contributed by atoms with van der Waals surface area (Å²) in [6.45, 7) is 4.32. The highest BCUT2D eigenvalue weighted by Crippen LogP contribution is 2.21. The van der Waals surface area contributed by atoms with Crippen molar-refractivity contribution in [3.8, 4) is 0 Å². The number of hydrogen-bond acceptors (Lipinski definition) is 3. The van der Waals surface area contributed by atoms with Gasteiger partial charge in [-0.2, -0.15) is 0 Å². The topological polar surface area (TPSA) is 49.4 Å². The quantitative estimate of drug-likeness (QED) is 0.649. The number of nitrogens with zero attached hydrogens (tertiary/aromatic N) is 1. The Labute approximate surface area is 178 Å². The summed E-state index contributed by atoms with van der Waals surface area (Å²) in [5.74, 6) is 0.244. The van der Waals surface area contributed by atoms with Crippen molar-refractivity contribution in [2.75, 3.05) is 5.75 Å². The Kier molecular flexibility index (Phi) is 7.76. The smallest absolute Gasteiger partial charge is 0.242 e. The summed E-state index contributed by atoms with van der Waals surface area (Å²) < 4.78 is 0. The molecule has 1 aliphatic rings. The number of thioether (sulfide) groups is 1. The second-order valence-corrected chi connectivity index (χ2v) is 8.83. The normalized spacial score (nSPS) is 15.1. The van der Waals surface area contributed by atoms with Crippen molar-refractivity contribution >= 4 is 23.6 Å². The third-order valence-electron chi connectivity index (χ3n) is 5.41. The first-order chi connectivity index (χ1) is 14.0. The molecule has 1 N–H and O–H groups in total. The molecule has 0 unspecified atom stereocenters. The molecular formula is C24H30N2O2S. The standard InChI is InChI=1S/C24H30N2O2S/c1-18-9-8-10-20(15-18)16-26(19(2)24(28)25-21-11-6-7-12-21)23(27)17-29-22-13-4-3-5-14-22/h3-5,8-10,13-15,19,21H,6-7,11-12,16-17H2,1-2H3,(H,25,28)/t19-/m0/s1. The molecule has 2 amide bonds. The molecule has 5 heteroatoms. The minimum Gasteiger partial charge on any atom is -0.352 e. The number of benzene rings is 2. The number of aryl methyl sites for hydroxylation is 1. The van der Waals surface area contributed by atoms with Crippen molar-refractivity contribution in [1.82, 2.24) is 10.2 Å². The molecule has 3 rings (SSSR count). The van der Waals surface area contributed by atoms with E-state index in [-0.39, 0.29) is 17.9 Å². The van der Waals surface area contributed by atoms with Crippen molar-refractivity contribution in [3.63, 3.8) is 0 Å². The van der Waals surface area contributed by atoms with E-state index >= 15 is 0 Å². The highest BCUT2D eigenvalue weighted by atomic mass is 32.2. The number of amides is 2. The number of carbonyl (C=O) groups excluding carboxylic acids is 2. The number of carbonyl (C=O) groups is 2. The SMILES string of the molecule is Cc1cccc(CN(C(=O)CSc2ccccc2)[C@@H](C)C(=O)NC2CCCC2)c1. The highest BCUT2D eigenvalue weighted by Gasteiger charge is 2.28. The maximum atomic E-state index is 13.1. The van der Waals surface area contributed by atoms with Gasteiger partial charge in [0, 0.05) is 17.5 Å². The van der Waals surface area contributed by atoms with Crippen molar-refractivity contribution < 1.29 is 9.59 Å². The van der Waals surface area contributed by atoms with E-state index in [4.69, 9.17) is 0 Å². The summed E-state index contributed by atoms with van der Waals surface area (Å²) in [5.41, 5.74) is 2.19. The summed E-state index contributed by atoms with van der Waals surface area (Å²) >= 11 is 1.51. The maximum Gasteiger partial charge on any atom is 0.242 e. The number of rotatable bonds is 8. The Bertz CT molecular complexity index is 819. The van der Waals surface area contributed by atoms with E-state index in [0.717, 1.165) is 28.9 Å². The second kappa shape index (κ2) is 10.5. The highest BCUT2D eigenvalue weighted by molar-refractivity contribution is 8.00. The fourth-order valence-corrected chi connectivity index (χ4v) is 4.53. The van der Waals surface area contributed by atoms with Gasteiger partial charge in [0.2, 0.25) is 11.8 Å². The lowest BCUT2D eigenvalue weighted by Crippen LogP contribution is -2.50.